The highest BCUT2D eigenvalue weighted by molar-refractivity contribution is 7.94. The van der Waals surface area contributed by atoms with Gasteiger partial charge in [0, 0.05) is 5.41 Å². The van der Waals surface area contributed by atoms with Crippen LogP contribution in [-0.4, -0.2) is 20.7 Å². The molecule has 3 aromatic carbocycles. The summed E-state index contributed by atoms with van der Waals surface area (Å²) < 4.78 is 21.0. The zero-order chi connectivity index (χ0) is 19.6. The summed E-state index contributed by atoms with van der Waals surface area (Å²) in [5, 5.41) is 6.68. The third-order valence-corrected chi connectivity index (χ3v) is 6.84. The molecule has 2 aliphatic rings. The van der Waals surface area contributed by atoms with Crippen molar-refractivity contribution < 1.29 is 8.42 Å². The minimum absolute atomic E-state index is 0.156. The van der Waals surface area contributed by atoms with E-state index in [0.29, 0.717) is 5.92 Å². The Morgan fingerprint density at radius 1 is 0.929 bits per heavy atom. The molecular weight excluding hydrogens is 366 g/mol. The first-order valence-corrected chi connectivity index (χ1v) is 11.5. The largest absolute Gasteiger partial charge is 0.330 e. The van der Waals surface area contributed by atoms with E-state index in [1.165, 1.54) is 63.4 Å². The van der Waals surface area contributed by atoms with Crippen molar-refractivity contribution in [2.24, 2.45) is 5.73 Å². The average molecular weight is 392 g/mol. The maximum atomic E-state index is 10.5. The molecule has 0 bridgehead atoms. The minimum Gasteiger partial charge on any atom is -0.330 e. The fraction of sp³-hybridized carbons (Fsp3) is 0.250. The molecule has 1 unspecified atom stereocenters. The molecule has 0 spiro atoms. The first-order valence-electron chi connectivity index (χ1n) is 9.78. The quantitative estimate of drug-likeness (QED) is 0.603. The van der Waals surface area contributed by atoms with Crippen LogP contribution in [-0.2, 0) is 16.3 Å². The first-order chi connectivity index (χ1) is 13.6. The van der Waals surface area contributed by atoms with Gasteiger partial charge in [-0.3, -0.25) is 0 Å². The van der Waals surface area contributed by atoms with Crippen LogP contribution in [0.2, 0.25) is 0 Å². The van der Waals surface area contributed by atoms with Crippen LogP contribution in [0.25, 0.3) is 21.5 Å². The Morgan fingerprint density at radius 3 is 2.46 bits per heavy atom. The van der Waals surface area contributed by atoms with Gasteiger partial charge in [0.15, 0.2) is 9.84 Å². The third-order valence-electron chi connectivity index (χ3n) is 5.61. The normalized spacial score (nSPS) is 19.8. The molecule has 0 radical (unpaired) electrons. The molecular formula is C24H25NO2S. The molecule has 3 aromatic rings. The van der Waals surface area contributed by atoms with E-state index in [4.69, 9.17) is 5.73 Å². The van der Waals surface area contributed by atoms with Gasteiger partial charge in [0.1, 0.15) is 0 Å². The molecule has 0 aromatic heterocycles. The summed E-state index contributed by atoms with van der Waals surface area (Å²) in [5.74, 6) is 0.687. The molecule has 4 heteroatoms. The number of fused-ring (bicyclic) bond motifs is 5. The topological polar surface area (TPSA) is 60.2 Å². The lowest BCUT2D eigenvalue weighted by atomic mass is 9.79. The molecule has 2 N–H and O–H groups in total. The molecule has 0 saturated carbocycles. The second-order valence-corrected chi connectivity index (χ2v) is 9.36. The van der Waals surface area contributed by atoms with E-state index in [1.807, 2.05) is 0 Å². The Balaban J connectivity index is 0.000000203. The lowest BCUT2D eigenvalue weighted by molar-refractivity contribution is 0.565. The van der Waals surface area contributed by atoms with Gasteiger partial charge < -0.3 is 5.73 Å². The number of allylic oxidation sites excluding steroid dienone is 2. The van der Waals surface area contributed by atoms with E-state index in [0.717, 1.165) is 6.54 Å². The van der Waals surface area contributed by atoms with Crippen molar-refractivity contribution in [2.75, 3.05) is 12.3 Å². The van der Waals surface area contributed by atoms with Gasteiger partial charge in [-0.1, -0.05) is 66.8 Å². The van der Waals surface area contributed by atoms with Gasteiger partial charge in [-0.05, 0) is 64.4 Å². The molecule has 28 heavy (non-hydrogen) atoms. The number of nitrogens with two attached hydrogens (primary N) is 1. The molecule has 1 aliphatic heterocycles. The van der Waals surface area contributed by atoms with Crippen molar-refractivity contribution in [1.29, 1.82) is 0 Å². The minimum atomic E-state index is -2.85. The van der Waals surface area contributed by atoms with E-state index in [1.54, 1.807) is 12.2 Å². The molecule has 1 aliphatic carbocycles. The van der Waals surface area contributed by atoms with Crippen LogP contribution in [0, 0.1) is 0 Å². The Labute approximate surface area is 166 Å². The summed E-state index contributed by atoms with van der Waals surface area (Å²) in [5.41, 5.74) is 9.05. The van der Waals surface area contributed by atoms with E-state index < -0.39 is 9.84 Å². The SMILES string of the molecule is NCC1CCCc2ccc3c(ccc4ccccc43)c21.O=S1(=O)C=CC=CC1. The highest BCUT2D eigenvalue weighted by Gasteiger charge is 2.21. The lowest BCUT2D eigenvalue weighted by Crippen LogP contribution is -2.18. The zero-order valence-corrected chi connectivity index (χ0v) is 16.7. The maximum absolute atomic E-state index is 10.5. The summed E-state index contributed by atoms with van der Waals surface area (Å²) in [6, 6.07) is 17.8. The fourth-order valence-corrected chi connectivity index (χ4v) is 5.09. The van der Waals surface area contributed by atoms with Crippen LogP contribution in [0.15, 0.2) is 72.2 Å². The maximum Gasteiger partial charge on any atom is 0.175 e. The predicted octanol–water partition coefficient (Wildman–Crippen LogP) is 4.86. The Bertz CT molecular complexity index is 1180. The molecule has 0 fully saturated rings. The summed E-state index contributed by atoms with van der Waals surface area (Å²) in [6.07, 6.45) is 8.58. The van der Waals surface area contributed by atoms with Crippen molar-refractivity contribution in [2.45, 2.75) is 25.2 Å². The number of sulfone groups is 1. The molecule has 0 saturated heterocycles. The predicted molar refractivity (Wildman–Crippen MR) is 118 cm³/mol. The number of aryl methyl sites for hydroxylation is 1. The molecule has 3 nitrogen and oxygen atoms in total. The Morgan fingerprint density at radius 2 is 1.75 bits per heavy atom. The summed E-state index contributed by atoms with van der Waals surface area (Å²) >= 11 is 0. The van der Waals surface area contributed by atoms with Crippen LogP contribution < -0.4 is 5.73 Å². The molecule has 1 atom stereocenters. The van der Waals surface area contributed by atoms with Gasteiger partial charge in [0.25, 0.3) is 0 Å². The van der Waals surface area contributed by atoms with E-state index in [-0.39, 0.29) is 5.75 Å². The summed E-state index contributed by atoms with van der Waals surface area (Å²) in [6.45, 7) is 0.763. The average Bonchev–Trinajstić information content (AvgIpc) is 2.73. The van der Waals surface area contributed by atoms with E-state index in [2.05, 4.69) is 48.5 Å². The van der Waals surface area contributed by atoms with Gasteiger partial charge in [0.2, 0.25) is 0 Å². The Kier molecular flexibility index (Phi) is 5.33. The second-order valence-electron chi connectivity index (χ2n) is 7.43. The van der Waals surface area contributed by atoms with Gasteiger partial charge in [-0.15, -0.1) is 0 Å². The smallest absolute Gasteiger partial charge is 0.175 e. The summed E-state index contributed by atoms with van der Waals surface area (Å²) in [4.78, 5) is 0. The monoisotopic (exact) mass is 391 g/mol. The molecule has 144 valence electrons. The highest BCUT2D eigenvalue weighted by Crippen LogP contribution is 2.38. The van der Waals surface area contributed by atoms with Crippen molar-refractivity contribution in [3.63, 3.8) is 0 Å². The summed E-state index contributed by atoms with van der Waals surface area (Å²) in [7, 11) is -2.85. The van der Waals surface area contributed by atoms with Crippen LogP contribution >= 0.6 is 0 Å². The van der Waals surface area contributed by atoms with E-state index >= 15 is 0 Å². The van der Waals surface area contributed by atoms with Crippen LogP contribution in [0.4, 0.5) is 0 Å². The second kappa shape index (κ2) is 7.90. The number of benzene rings is 3. The van der Waals surface area contributed by atoms with Gasteiger partial charge in [-0.2, -0.15) is 0 Å². The van der Waals surface area contributed by atoms with Gasteiger partial charge >= 0.3 is 0 Å². The number of hydrogen-bond acceptors (Lipinski definition) is 3. The van der Waals surface area contributed by atoms with E-state index in [9.17, 15) is 8.42 Å². The van der Waals surface area contributed by atoms with Crippen molar-refractivity contribution in [3.05, 3.63) is 83.3 Å². The number of hydrogen-bond donors (Lipinski definition) is 1. The molecule has 0 amide bonds. The third kappa shape index (κ3) is 3.75. The fourth-order valence-electron chi connectivity index (χ4n) is 4.26. The van der Waals surface area contributed by atoms with Crippen molar-refractivity contribution in [3.8, 4) is 0 Å². The van der Waals surface area contributed by atoms with Crippen LogP contribution in [0.5, 0.6) is 0 Å². The number of rotatable bonds is 1. The van der Waals surface area contributed by atoms with Gasteiger partial charge in [0.05, 0.1) is 5.75 Å². The highest BCUT2D eigenvalue weighted by atomic mass is 32.2. The molecule has 1 heterocycles. The van der Waals surface area contributed by atoms with Crippen molar-refractivity contribution >= 4 is 31.4 Å². The standard InChI is InChI=1S/C19H19N.C5H6O2S/c20-12-15-6-3-5-14-9-10-17-16-7-2-1-4-13(16)8-11-18(17)19(14)15;6-8(7)4-2-1-3-5-8/h1-2,4,7-11,15H,3,5-6,12,20H2;1-4H,5H2. The molecule has 5 rings (SSSR count). The lowest BCUT2D eigenvalue weighted by Gasteiger charge is -2.26. The Hall–Kier alpha value is -2.43. The zero-order valence-electron chi connectivity index (χ0n) is 15.8. The van der Waals surface area contributed by atoms with Crippen LogP contribution in [0.1, 0.15) is 29.9 Å². The van der Waals surface area contributed by atoms with Gasteiger partial charge in [-0.25, -0.2) is 8.42 Å². The van der Waals surface area contributed by atoms with Crippen molar-refractivity contribution in [1.82, 2.24) is 0 Å². The first kappa shape index (κ1) is 18.9. The van der Waals surface area contributed by atoms with Crippen LogP contribution in [0.3, 0.4) is 0 Å².